The molecule has 0 aliphatic heterocycles. The zero-order valence-electron chi connectivity index (χ0n) is 10.5. The second kappa shape index (κ2) is 7.81. The Labute approximate surface area is 107 Å². The molecule has 0 amide bonds. The second-order valence-electron chi connectivity index (χ2n) is 3.87. The highest BCUT2D eigenvalue weighted by Gasteiger charge is 2.13. The first-order valence-electron chi connectivity index (χ1n) is 5.83. The van der Waals surface area contributed by atoms with Gasteiger partial charge in [-0.1, -0.05) is 18.2 Å². The second-order valence-corrected chi connectivity index (χ2v) is 3.87. The summed E-state index contributed by atoms with van der Waals surface area (Å²) in [4.78, 5) is 13.5. The Morgan fingerprint density at radius 1 is 1.22 bits per heavy atom. The largest absolute Gasteiger partial charge is 0.465 e. The van der Waals surface area contributed by atoms with Crippen molar-refractivity contribution in [3.05, 3.63) is 35.4 Å². The lowest BCUT2D eigenvalue weighted by molar-refractivity contribution is 0.0598. The average Bonchev–Trinajstić information content (AvgIpc) is 2.39. The molecule has 100 valence electrons. The number of methoxy groups -OCH3 is 1. The number of esters is 1. The lowest BCUT2D eigenvalue weighted by atomic mass is 10.1. The molecule has 18 heavy (non-hydrogen) atoms. The Morgan fingerprint density at radius 2 is 1.83 bits per heavy atom. The first kappa shape index (κ1) is 14.6. The van der Waals surface area contributed by atoms with E-state index in [1.54, 1.807) is 12.1 Å². The van der Waals surface area contributed by atoms with Gasteiger partial charge in [0.05, 0.1) is 25.9 Å². The summed E-state index contributed by atoms with van der Waals surface area (Å²) in [5, 5.41) is 17.9. The number of hydrogen-bond acceptors (Lipinski definition) is 5. The van der Waals surface area contributed by atoms with Crippen molar-refractivity contribution in [3.63, 3.8) is 0 Å². The van der Waals surface area contributed by atoms with Gasteiger partial charge in [-0.2, -0.15) is 0 Å². The van der Waals surface area contributed by atoms with Gasteiger partial charge in [-0.05, 0) is 11.6 Å². The van der Waals surface area contributed by atoms with Crippen molar-refractivity contribution < 1.29 is 19.7 Å². The summed E-state index contributed by atoms with van der Waals surface area (Å²) in [7, 11) is 1.35. The summed E-state index contributed by atoms with van der Waals surface area (Å²) >= 11 is 0. The van der Waals surface area contributed by atoms with Gasteiger partial charge in [-0.25, -0.2) is 4.79 Å². The lowest BCUT2D eigenvalue weighted by Crippen LogP contribution is -2.30. The topological polar surface area (TPSA) is 70.0 Å². The molecule has 0 radical (unpaired) electrons. The number of carbonyl (C=O) groups is 1. The van der Waals surface area contributed by atoms with Crippen LogP contribution in [0.1, 0.15) is 15.9 Å². The van der Waals surface area contributed by atoms with Gasteiger partial charge in [0.25, 0.3) is 0 Å². The van der Waals surface area contributed by atoms with Crippen molar-refractivity contribution >= 4 is 5.97 Å². The molecule has 1 rings (SSSR count). The fourth-order valence-electron chi connectivity index (χ4n) is 1.76. The molecular formula is C13H19NO4. The molecular weight excluding hydrogens is 234 g/mol. The lowest BCUT2D eigenvalue weighted by Gasteiger charge is -2.21. The van der Waals surface area contributed by atoms with Crippen molar-refractivity contribution in [2.45, 2.75) is 6.54 Å². The Kier molecular flexibility index (Phi) is 6.35. The molecule has 0 atom stereocenters. The minimum atomic E-state index is -0.376. The molecule has 0 aliphatic rings. The number of ether oxygens (including phenoxy) is 1. The fraction of sp³-hybridized carbons (Fsp3) is 0.462. The molecule has 1 aromatic rings. The number of hydrogen-bond donors (Lipinski definition) is 2. The standard InChI is InChI=1S/C13H19NO4/c1-18-13(17)12-5-3-2-4-11(12)10-14(6-8-15)7-9-16/h2-5,15-16H,6-10H2,1H3. The number of carbonyl (C=O) groups excluding carboxylic acids is 1. The minimum absolute atomic E-state index is 0.0143. The Morgan fingerprint density at radius 3 is 2.39 bits per heavy atom. The average molecular weight is 253 g/mol. The molecule has 2 N–H and O–H groups in total. The minimum Gasteiger partial charge on any atom is -0.465 e. The van der Waals surface area contributed by atoms with Gasteiger partial charge >= 0.3 is 5.97 Å². The highest BCUT2D eigenvalue weighted by molar-refractivity contribution is 5.90. The van der Waals surface area contributed by atoms with Crippen LogP contribution in [0.15, 0.2) is 24.3 Å². The maximum atomic E-state index is 11.6. The summed E-state index contributed by atoms with van der Waals surface area (Å²) in [6, 6.07) is 7.17. The first-order valence-corrected chi connectivity index (χ1v) is 5.83. The van der Waals surface area contributed by atoms with Gasteiger partial charge < -0.3 is 14.9 Å². The monoisotopic (exact) mass is 253 g/mol. The third-order valence-electron chi connectivity index (χ3n) is 2.65. The van der Waals surface area contributed by atoms with Gasteiger partial charge in [-0.15, -0.1) is 0 Å². The smallest absolute Gasteiger partial charge is 0.338 e. The maximum absolute atomic E-state index is 11.6. The van der Waals surface area contributed by atoms with E-state index in [9.17, 15) is 4.79 Å². The molecule has 0 aromatic heterocycles. The van der Waals surface area contributed by atoms with Crippen LogP contribution in [-0.2, 0) is 11.3 Å². The Balaban J connectivity index is 2.84. The molecule has 0 unspecified atom stereocenters. The molecule has 0 saturated carbocycles. The van der Waals surface area contributed by atoms with Crippen LogP contribution >= 0.6 is 0 Å². The highest BCUT2D eigenvalue weighted by atomic mass is 16.5. The Bertz CT molecular complexity index is 375. The molecule has 0 saturated heterocycles. The van der Waals surface area contributed by atoms with Crippen LogP contribution in [0.4, 0.5) is 0 Å². The van der Waals surface area contributed by atoms with Crippen LogP contribution in [0.2, 0.25) is 0 Å². The van der Waals surface area contributed by atoms with Crippen molar-refractivity contribution in [2.75, 3.05) is 33.4 Å². The summed E-state index contributed by atoms with van der Waals surface area (Å²) in [5.74, 6) is -0.376. The van der Waals surface area contributed by atoms with Crippen LogP contribution in [0.5, 0.6) is 0 Å². The van der Waals surface area contributed by atoms with Gasteiger partial charge in [0.1, 0.15) is 0 Å². The van der Waals surface area contributed by atoms with Crippen molar-refractivity contribution in [1.29, 1.82) is 0 Å². The SMILES string of the molecule is COC(=O)c1ccccc1CN(CCO)CCO. The van der Waals surface area contributed by atoms with Crippen LogP contribution in [-0.4, -0.2) is 54.5 Å². The quantitative estimate of drug-likeness (QED) is 0.682. The number of aliphatic hydroxyl groups is 2. The maximum Gasteiger partial charge on any atom is 0.338 e. The van der Waals surface area contributed by atoms with Gasteiger partial charge in [0.15, 0.2) is 0 Å². The number of rotatable bonds is 7. The van der Waals surface area contributed by atoms with E-state index in [0.717, 1.165) is 5.56 Å². The third kappa shape index (κ3) is 4.10. The molecule has 0 fully saturated rings. The van der Waals surface area contributed by atoms with Crippen LogP contribution < -0.4 is 0 Å². The first-order chi connectivity index (χ1) is 8.72. The van der Waals surface area contributed by atoms with Crippen LogP contribution in [0, 0.1) is 0 Å². The van der Waals surface area contributed by atoms with Gasteiger partial charge in [-0.3, -0.25) is 4.90 Å². The van der Waals surface area contributed by atoms with E-state index in [1.165, 1.54) is 7.11 Å². The normalized spacial score (nSPS) is 10.7. The fourth-order valence-corrected chi connectivity index (χ4v) is 1.76. The summed E-state index contributed by atoms with van der Waals surface area (Å²) in [6.07, 6.45) is 0. The molecule has 1 aromatic carbocycles. The van der Waals surface area contributed by atoms with E-state index in [0.29, 0.717) is 25.2 Å². The van der Waals surface area contributed by atoms with Crippen molar-refractivity contribution in [2.24, 2.45) is 0 Å². The van der Waals surface area contributed by atoms with E-state index in [1.807, 2.05) is 17.0 Å². The molecule has 0 heterocycles. The van der Waals surface area contributed by atoms with Crippen molar-refractivity contribution in [3.8, 4) is 0 Å². The number of benzene rings is 1. The van der Waals surface area contributed by atoms with Gasteiger partial charge in [0.2, 0.25) is 0 Å². The zero-order chi connectivity index (χ0) is 13.4. The van der Waals surface area contributed by atoms with E-state index in [2.05, 4.69) is 0 Å². The summed E-state index contributed by atoms with van der Waals surface area (Å²) < 4.78 is 4.72. The zero-order valence-corrected chi connectivity index (χ0v) is 10.5. The van der Waals surface area contributed by atoms with Crippen molar-refractivity contribution in [1.82, 2.24) is 4.90 Å². The predicted molar refractivity (Wildman–Crippen MR) is 67.2 cm³/mol. The molecule has 0 spiro atoms. The molecule has 5 nitrogen and oxygen atoms in total. The van der Waals surface area contributed by atoms with E-state index in [4.69, 9.17) is 14.9 Å². The molecule has 5 heteroatoms. The number of nitrogens with zero attached hydrogens (tertiary/aromatic N) is 1. The van der Waals surface area contributed by atoms with Gasteiger partial charge in [0, 0.05) is 19.6 Å². The number of aliphatic hydroxyl groups excluding tert-OH is 2. The molecule has 0 bridgehead atoms. The van der Waals surface area contributed by atoms with E-state index >= 15 is 0 Å². The van der Waals surface area contributed by atoms with E-state index in [-0.39, 0.29) is 19.2 Å². The molecule has 0 aliphatic carbocycles. The highest BCUT2D eigenvalue weighted by Crippen LogP contribution is 2.12. The van der Waals surface area contributed by atoms with E-state index < -0.39 is 0 Å². The summed E-state index contributed by atoms with van der Waals surface area (Å²) in [6.45, 7) is 1.43. The van der Waals surface area contributed by atoms with Crippen LogP contribution in [0.3, 0.4) is 0 Å². The van der Waals surface area contributed by atoms with Crippen LogP contribution in [0.25, 0.3) is 0 Å². The summed E-state index contributed by atoms with van der Waals surface area (Å²) in [5.41, 5.74) is 1.34. The predicted octanol–water partition coefficient (Wildman–Crippen LogP) is 0.260. The Hall–Kier alpha value is -1.43. The third-order valence-corrected chi connectivity index (χ3v) is 2.65.